The van der Waals surface area contributed by atoms with Gasteiger partial charge in [0.2, 0.25) is 0 Å². The number of nitrogens with zero attached hydrogens (tertiary/aromatic N) is 1. The molecule has 2 N–H and O–H groups in total. The van der Waals surface area contributed by atoms with Gasteiger partial charge in [0.05, 0.1) is 12.3 Å². The molecule has 84 valence electrons. The maximum absolute atomic E-state index is 9.14. The van der Waals surface area contributed by atoms with Crippen molar-refractivity contribution < 1.29 is 5.11 Å². The Balaban J connectivity index is 2.45. The van der Waals surface area contributed by atoms with Crippen LogP contribution in [0.4, 0.5) is 0 Å². The predicted molar refractivity (Wildman–Crippen MR) is 61.5 cm³/mol. The van der Waals surface area contributed by atoms with Gasteiger partial charge in [-0.15, -0.1) is 0 Å². The fourth-order valence-electron chi connectivity index (χ4n) is 1.35. The lowest BCUT2D eigenvalue weighted by atomic mass is 10.1. The molecule has 3 nitrogen and oxygen atoms in total. The minimum atomic E-state index is 0.146. The number of hydrogen-bond acceptors (Lipinski definition) is 3. The van der Waals surface area contributed by atoms with Gasteiger partial charge in [-0.2, -0.15) is 0 Å². The summed E-state index contributed by atoms with van der Waals surface area (Å²) in [5.41, 5.74) is 2.18. The molecular formula is C12H20N2O. The van der Waals surface area contributed by atoms with Crippen LogP contribution in [0.15, 0.2) is 18.3 Å². The first-order chi connectivity index (χ1) is 7.13. The first-order valence-electron chi connectivity index (χ1n) is 5.39. The van der Waals surface area contributed by atoms with Crippen LogP contribution >= 0.6 is 0 Å². The van der Waals surface area contributed by atoms with Crippen molar-refractivity contribution in [2.75, 3.05) is 6.61 Å². The smallest absolute Gasteiger partial charge is 0.0587 e. The van der Waals surface area contributed by atoms with Crippen LogP contribution in [0.1, 0.15) is 25.1 Å². The lowest BCUT2D eigenvalue weighted by Crippen LogP contribution is -2.36. The Bertz CT molecular complexity index is 282. The third kappa shape index (κ3) is 3.98. The molecule has 1 aromatic heterocycles. The molecule has 0 bridgehead atoms. The van der Waals surface area contributed by atoms with Gasteiger partial charge in [-0.05, 0) is 24.5 Å². The highest BCUT2D eigenvalue weighted by molar-refractivity contribution is 5.12. The normalized spacial score (nSPS) is 13.1. The first-order valence-corrected chi connectivity index (χ1v) is 5.39. The molecule has 0 radical (unpaired) electrons. The highest BCUT2D eigenvalue weighted by Gasteiger charge is 2.10. The Hall–Kier alpha value is -0.930. The Morgan fingerprint density at radius 3 is 2.60 bits per heavy atom. The van der Waals surface area contributed by atoms with Gasteiger partial charge in [0.15, 0.2) is 0 Å². The summed E-state index contributed by atoms with van der Waals surface area (Å²) < 4.78 is 0. The molecule has 0 saturated heterocycles. The molecule has 15 heavy (non-hydrogen) atoms. The highest BCUT2D eigenvalue weighted by atomic mass is 16.3. The van der Waals surface area contributed by atoms with Crippen molar-refractivity contribution in [2.24, 2.45) is 5.92 Å². The zero-order valence-corrected chi connectivity index (χ0v) is 9.70. The van der Waals surface area contributed by atoms with Crippen LogP contribution in [-0.4, -0.2) is 22.7 Å². The summed E-state index contributed by atoms with van der Waals surface area (Å²) in [6, 6.07) is 4.21. The van der Waals surface area contributed by atoms with E-state index in [1.165, 1.54) is 5.56 Å². The summed E-state index contributed by atoms with van der Waals surface area (Å²) in [7, 11) is 0. The maximum Gasteiger partial charge on any atom is 0.0587 e. The molecule has 0 aromatic carbocycles. The van der Waals surface area contributed by atoms with Crippen molar-refractivity contribution in [3.8, 4) is 0 Å². The second kappa shape index (κ2) is 5.83. The average Bonchev–Trinajstić information content (AvgIpc) is 2.21. The SMILES string of the molecule is Cc1ccc(CNC(CO)C(C)C)nc1. The lowest BCUT2D eigenvalue weighted by molar-refractivity contribution is 0.209. The fraction of sp³-hybridized carbons (Fsp3) is 0.583. The number of nitrogens with one attached hydrogen (secondary N) is 1. The quantitative estimate of drug-likeness (QED) is 0.770. The largest absolute Gasteiger partial charge is 0.395 e. The number of aliphatic hydroxyl groups excluding tert-OH is 1. The molecule has 0 spiro atoms. The van der Waals surface area contributed by atoms with Crippen molar-refractivity contribution in [2.45, 2.75) is 33.4 Å². The second-order valence-corrected chi connectivity index (χ2v) is 4.24. The van der Waals surface area contributed by atoms with Gasteiger partial charge in [-0.3, -0.25) is 4.98 Å². The Morgan fingerprint density at radius 1 is 1.40 bits per heavy atom. The second-order valence-electron chi connectivity index (χ2n) is 4.24. The third-order valence-corrected chi connectivity index (χ3v) is 2.52. The van der Waals surface area contributed by atoms with Crippen LogP contribution in [0.5, 0.6) is 0 Å². The summed E-state index contributed by atoms with van der Waals surface area (Å²) in [5.74, 6) is 0.431. The van der Waals surface area contributed by atoms with E-state index in [-0.39, 0.29) is 12.6 Å². The van der Waals surface area contributed by atoms with Crippen LogP contribution in [0.25, 0.3) is 0 Å². The van der Waals surface area contributed by atoms with Gasteiger partial charge in [-0.1, -0.05) is 19.9 Å². The van der Waals surface area contributed by atoms with Crippen molar-refractivity contribution >= 4 is 0 Å². The summed E-state index contributed by atoms with van der Waals surface area (Å²) in [6.45, 7) is 7.09. The highest BCUT2D eigenvalue weighted by Crippen LogP contribution is 2.03. The van der Waals surface area contributed by atoms with Crippen LogP contribution in [0.2, 0.25) is 0 Å². The monoisotopic (exact) mass is 208 g/mol. The van der Waals surface area contributed by atoms with Crippen molar-refractivity contribution in [3.05, 3.63) is 29.6 Å². The third-order valence-electron chi connectivity index (χ3n) is 2.52. The number of hydrogen-bond donors (Lipinski definition) is 2. The van der Waals surface area contributed by atoms with Crippen LogP contribution in [0.3, 0.4) is 0 Å². The summed E-state index contributed by atoms with van der Waals surface area (Å²) >= 11 is 0. The van der Waals surface area contributed by atoms with Gasteiger partial charge >= 0.3 is 0 Å². The van der Waals surface area contributed by atoms with E-state index in [9.17, 15) is 0 Å². The Kier molecular flexibility index (Phi) is 4.72. The van der Waals surface area contributed by atoms with E-state index in [0.29, 0.717) is 12.5 Å². The van der Waals surface area contributed by atoms with Crippen molar-refractivity contribution in [1.29, 1.82) is 0 Å². The lowest BCUT2D eigenvalue weighted by Gasteiger charge is -2.19. The van der Waals surface area contributed by atoms with Gasteiger partial charge < -0.3 is 10.4 Å². The molecular weight excluding hydrogens is 188 g/mol. The van der Waals surface area contributed by atoms with E-state index in [2.05, 4.69) is 24.1 Å². The van der Waals surface area contributed by atoms with Crippen LogP contribution in [-0.2, 0) is 6.54 Å². The standard InChI is InChI=1S/C12H20N2O/c1-9(2)12(8-15)14-7-11-5-4-10(3)6-13-11/h4-6,9,12,14-15H,7-8H2,1-3H3. The first kappa shape index (κ1) is 12.1. The molecule has 1 rings (SSSR count). The van der Waals surface area contributed by atoms with E-state index >= 15 is 0 Å². The average molecular weight is 208 g/mol. The molecule has 0 amide bonds. The molecule has 0 aliphatic carbocycles. The topological polar surface area (TPSA) is 45.1 Å². The number of rotatable bonds is 5. The van der Waals surface area contributed by atoms with Crippen molar-refractivity contribution in [1.82, 2.24) is 10.3 Å². The molecule has 1 atom stereocenters. The van der Waals surface area contributed by atoms with Crippen molar-refractivity contribution in [3.63, 3.8) is 0 Å². The van der Waals surface area contributed by atoms with Gasteiger partial charge in [-0.25, -0.2) is 0 Å². The van der Waals surface area contributed by atoms with E-state index in [1.807, 2.05) is 25.3 Å². The minimum Gasteiger partial charge on any atom is -0.395 e. The van der Waals surface area contributed by atoms with E-state index in [4.69, 9.17) is 5.11 Å². The predicted octanol–water partition coefficient (Wildman–Crippen LogP) is 1.50. The summed E-state index contributed by atoms with van der Waals surface area (Å²) in [4.78, 5) is 4.30. The number of aliphatic hydroxyl groups is 1. The van der Waals surface area contributed by atoms with E-state index in [1.54, 1.807) is 0 Å². The van der Waals surface area contributed by atoms with Gasteiger partial charge in [0.1, 0.15) is 0 Å². The Labute approximate surface area is 91.5 Å². The zero-order chi connectivity index (χ0) is 11.3. The van der Waals surface area contributed by atoms with Gasteiger partial charge in [0, 0.05) is 18.8 Å². The fourth-order valence-corrected chi connectivity index (χ4v) is 1.35. The number of aryl methyl sites for hydroxylation is 1. The zero-order valence-electron chi connectivity index (χ0n) is 9.70. The van der Waals surface area contributed by atoms with E-state index < -0.39 is 0 Å². The molecule has 0 aliphatic rings. The summed E-state index contributed by atoms with van der Waals surface area (Å²) in [6.07, 6.45) is 1.86. The minimum absolute atomic E-state index is 0.146. The van der Waals surface area contributed by atoms with Crippen LogP contribution < -0.4 is 5.32 Å². The molecule has 0 saturated carbocycles. The van der Waals surface area contributed by atoms with Gasteiger partial charge in [0.25, 0.3) is 0 Å². The molecule has 0 fully saturated rings. The maximum atomic E-state index is 9.14. The molecule has 0 aliphatic heterocycles. The van der Waals surface area contributed by atoms with Crippen LogP contribution in [0, 0.1) is 12.8 Å². The molecule has 1 unspecified atom stereocenters. The number of aromatic nitrogens is 1. The Morgan fingerprint density at radius 2 is 2.13 bits per heavy atom. The van der Waals surface area contributed by atoms with E-state index in [0.717, 1.165) is 5.69 Å². The number of pyridine rings is 1. The molecule has 1 aromatic rings. The molecule has 1 heterocycles. The molecule has 3 heteroatoms. The summed E-state index contributed by atoms with van der Waals surface area (Å²) in [5, 5.41) is 12.4.